The molecule has 27 heavy (non-hydrogen) atoms. The van der Waals surface area contributed by atoms with Gasteiger partial charge in [0.1, 0.15) is 5.82 Å². The first-order valence-corrected chi connectivity index (χ1v) is 9.92. The zero-order chi connectivity index (χ0) is 18.8. The van der Waals surface area contributed by atoms with Gasteiger partial charge in [0.05, 0.1) is 16.0 Å². The Kier molecular flexibility index (Phi) is 5.06. The van der Waals surface area contributed by atoms with Crippen LogP contribution < -0.4 is 5.32 Å². The standard InChI is InChI=1S/C17H11ClFN5OS2/c18-10-3-1-9(2-4-10)15-22-17(24-23-15)26-8-14(25)21-16-20-12-6-5-11(19)7-13(12)27-16/h1-7H,8H2,(H,20,21,25)(H,22,23,24). The predicted molar refractivity (Wildman–Crippen MR) is 106 cm³/mol. The van der Waals surface area contributed by atoms with E-state index in [1.165, 1.54) is 35.2 Å². The summed E-state index contributed by atoms with van der Waals surface area (Å²) in [6, 6.07) is 11.5. The quantitative estimate of drug-likeness (QED) is 0.462. The third-order valence-electron chi connectivity index (χ3n) is 3.51. The van der Waals surface area contributed by atoms with E-state index in [2.05, 4.69) is 25.5 Å². The van der Waals surface area contributed by atoms with Crippen LogP contribution in [0.2, 0.25) is 5.02 Å². The van der Waals surface area contributed by atoms with E-state index >= 15 is 0 Å². The first-order valence-electron chi connectivity index (χ1n) is 7.74. The van der Waals surface area contributed by atoms with Crippen molar-refractivity contribution < 1.29 is 9.18 Å². The molecule has 2 aromatic carbocycles. The van der Waals surface area contributed by atoms with Gasteiger partial charge in [0, 0.05) is 10.6 Å². The minimum Gasteiger partial charge on any atom is -0.301 e. The van der Waals surface area contributed by atoms with Gasteiger partial charge in [-0.15, -0.1) is 5.10 Å². The second-order valence-electron chi connectivity index (χ2n) is 5.44. The molecule has 0 spiro atoms. The molecule has 0 saturated heterocycles. The molecule has 6 nitrogen and oxygen atoms in total. The van der Waals surface area contributed by atoms with E-state index in [4.69, 9.17) is 11.6 Å². The molecule has 0 saturated carbocycles. The summed E-state index contributed by atoms with van der Waals surface area (Å²) in [5, 5.41) is 11.2. The average molecular weight is 420 g/mol. The fraction of sp³-hybridized carbons (Fsp3) is 0.0588. The van der Waals surface area contributed by atoms with Crippen LogP contribution in [-0.2, 0) is 4.79 Å². The van der Waals surface area contributed by atoms with Crippen LogP contribution in [0.5, 0.6) is 0 Å². The second kappa shape index (κ2) is 7.63. The SMILES string of the molecule is O=C(CSc1n[nH]c(-c2ccc(Cl)cc2)n1)Nc1nc2ccc(F)cc2s1. The number of nitrogens with zero attached hydrogens (tertiary/aromatic N) is 3. The molecule has 0 unspecified atom stereocenters. The maximum atomic E-state index is 13.2. The van der Waals surface area contributed by atoms with Crippen molar-refractivity contribution in [3.8, 4) is 11.4 Å². The van der Waals surface area contributed by atoms with Gasteiger partial charge in [0.25, 0.3) is 0 Å². The Morgan fingerprint density at radius 3 is 2.85 bits per heavy atom. The highest BCUT2D eigenvalue weighted by Crippen LogP contribution is 2.27. The zero-order valence-corrected chi connectivity index (χ0v) is 16.0. The number of halogens is 2. The highest BCUT2D eigenvalue weighted by atomic mass is 35.5. The molecule has 4 rings (SSSR count). The Morgan fingerprint density at radius 2 is 2.04 bits per heavy atom. The number of nitrogens with one attached hydrogen (secondary N) is 2. The van der Waals surface area contributed by atoms with E-state index in [1.54, 1.807) is 18.2 Å². The molecule has 0 radical (unpaired) electrons. The molecule has 0 aliphatic carbocycles. The minimum absolute atomic E-state index is 0.127. The Labute approximate surface area is 166 Å². The summed E-state index contributed by atoms with van der Waals surface area (Å²) in [5.41, 5.74) is 1.50. The summed E-state index contributed by atoms with van der Waals surface area (Å²) in [7, 11) is 0. The lowest BCUT2D eigenvalue weighted by Gasteiger charge is -1.98. The molecule has 2 aromatic heterocycles. The van der Waals surface area contributed by atoms with Crippen molar-refractivity contribution in [1.29, 1.82) is 0 Å². The molecule has 1 amide bonds. The topological polar surface area (TPSA) is 83.6 Å². The number of hydrogen-bond donors (Lipinski definition) is 2. The molecule has 0 aliphatic rings. The molecular formula is C17H11ClFN5OS2. The number of thioether (sulfide) groups is 1. The van der Waals surface area contributed by atoms with Gasteiger partial charge in [-0.2, -0.15) is 0 Å². The monoisotopic (exact) mass is 419 g/mol. The summed E-state index contributed by atoms with van der Waals surface area (Å²) in [6.07, 6.45) is 0. The maximum Gasteiger partial charge on any atom is 0.236 e. The highest BCUT2D eigenvalue weighted by molar-refractivity contribution is 7.99. The van der Waals surface area contributed by atoms with Crippen LogP contribution in [0.1, 0.15) is 0 Å². The summed E-state index contributed by atoms with van der Waals surface area (Å²) in [6.45, 7) is 0. The Balaban J connectivity index is 1.36. The van der Waals surface area contributed by atoms with Crippen LogP contribution in [0.25, 0.3) is 21.6 Å². The lowest BCUT2D eigenvalue weighted by Crippen LogP contribution is -2.13. The van der Waals surface area contributed by atoms with E-state index in [-0.39, 0.29) is 17.5 Å². The zero-order valence-electron chi connectivity index (χ0n) is 13.6. The summed E-state index contributed by atoms with van der Waals surface area (Å²) in [4.78, 5) is 20.7. The number of H-pyrrole nitrogens is 1. The molecule has 0 fully saturated rings. The molecule has 2 heterocycles. The molecule has 10 heteroatoms. The van der Waals surface area contributed by atoms with E-state index in [0.717, 1.165) is 5.56 Å². The van der Waals surface area contributed by atoms with Gasteiger partial charge >= 0.3 is 0 Å². The number of fused-ring (bicyclic) bond motifs is 1. The molecular weight excluding hydrogens is 409 g/mol. The number of carbonyl (C=O) groups is 1. The minimum atomic E-state index is -0.333. The Morgan fingerprint density at radius 1 is 1.22 bits per heavy atom. The molecule has 0 bridgehead atoms. The average Bonchev–Trinajstić information content (AvgIpc) is 3.26. The number of aromatic amines is 1. The molecule has 2 N–H and O–H groups in total. The van der Waals surface area contributed by atoms with Gasteiger partial charge in [0.15, 0.2) is 11.0 Å². The lowest BCUT2D eigenvalue weighted by atomic mass is 10.2. The van der Waals surface area contributed by atoms with Gasteiger partial charge in [0.2, 0.25) is 11.1 Å². The van der Waals surface area contributed by atoms with Gasteiger partial charge in [-0.05, 0) is 42.5 Å². The predicted octanol–water partition coefficient (Wildman–Crippen LogP) is 4.60. The fourth-order valence-electron chi connectivity index (χ4n) is 2.29. The van der Waals surface area contributed by atoms with Crippen molar-refractivity contribution in [3.63, 3.8) is 0 Å². The third-order valence-corrected chi connectivity index (χ3v) is 5.54. The van der Waals surface area contributed by atoms with Gasteiger partial charge < -0.3 is 5.32 Å². The van der Waals surface area contributed by atoms with Gasteiger partial charge in [-0.1, -0.05) is 34.7 Å². The normalized spacial score (nSPS) is 11.0. The number of carbonyl (C=O) groups excluding carboxylic acids is 1. The van der Waals surface area contributed by atoms with Crippen molar-refractivity contribution in [3.05, 3.63) is 53.3 Å². The highest BCUT2D eigenvalue weighted by Gasteiger charge is 2.11. The third kappa shape index (κ3) is 4.26. The number of anilines is 1. The molecule has 0 atom stereocenters. The van der Waals surface area contributed by atoms with E-state index in [1.807, 2.05) is 12.1 Å². The van der Waals surface area contributed by atoms with Crippen LogP contribution in [-0.4, -0.2) is 31.8 Å². The Bertz CT molecular complexity index is 1110. The number of hydrogen-bond acceptors (Lipinski definition) is 6. The van der Waals surface area contributed by atoms with E-state index in [9.17, 15) is 9.18 Å². The Hall–Kier alpha value is -2.49. The van der Waals surface area contributed by atoms with Crippen molar-refractivity contribution in [1.82, 2.24) is 20.2 Å². The largest absolute Gasteiger partial charge is 0.301 e. The number of benzene rings is 2. The number of aromatic nitrogens is 4. The first-order chi connectivity index (χ1) is 13.1. The van der Waals surface area contributed by atoms with Gasteiger partial charge in [-0.25, -0.2) is 14.4 Å². The molecule has 4 aromatic rings. The number of thiazole rings is 1. The van der Waals surface area contributed by atoms with Crippen LogP contribution in [0.15, 0.2) is 47.6 Å². The van der Waals surface area contributed by atoms with Crippen molar-refractivity contribution in [2.45, 2.75) is 5.16 Å². The van der Waals surface area contributed by atoms with E-state index in [0.29, 0.717) is 31.4 Å². The maximum absolute atomic E-state index is 13.2. The van der Waals surface area contributed by atoms with Gasteiger partial charge in [-0.3, -0.25) is 9.89 Å². The summed E-state index contributed by atoms with van der Waals surface area (Å²) in [5.74, 6) is 0.156. The number of rotatable bonds is 5. The summed E-state index contributed by atoms with van der Waals surface area (Å²) >= 11 is 8.30. The van der Waals surface area contributed by atoms with Crippen LogP contribution >= 0.6 is 34.7 Å². The molecule has 0 aliphatic heterocycles. The first kappa shape index (κ1) is 17.9. The van der Waals surface area contributed by atoms with Crippen molar-refractivity contribution in [2.75, 3.05) is 11.1 Å². The fourth-order valence-corrected chi connectivity index (χ4v) is 3.92. The van der Waals surface area contributed by atoms with Crippen LogP contribution in [0, 0.1) is 5.82 Å². The molecule has 136 valence electrons. The van der Waals surface area contributed by atoms with Crippen LogP contribution in [0.3, 0.4) is 0 Å². The lowest BCUT2D eigenvalue weighted by molar-refractivity contribution is -0.113. The summed E-state index contributed by atoms with van der Waals surface area (Å²) < 4.78 is 13.9. The number of amides is 1. The van der Waals surface area contributed by atoms with E-state index < -0.39 is 0 Å². The second-order valence-corrected chi connectivity index (χ2v) is 7.85. The van der Waals surface area contributed by atoms with Crippen LogP contribution in [0.4, 0.5) is 9.52 Å². The smallest absolute Gasteiger partial charge is 0.236 e. The van der Waals surface area contributed by atoms with Crippen molar-refractivity contribution >= 4 is 56.0 Å². The van der Waals surface area contributed by atoms with Crippen molar-refractivity contribution in [2.24, 2.45) is 0 Å².